The molecule has 4 N–H and O–H groups in total. The Labute approximate surface area is 121 Å². The number of amides is 1. The minimum atomic E-state index is -0.387. The number of aromatic nitrogens is 1. The van der Waals surface area contributed by atoms with Crippen LogP contribution in [0, 0.1) is 5.41 Å². The molecule has 0 fully saturated rings. The average Bonchev–Trinajstić information content (AvgIpc) is 2.84. The van der Waals surface area contributed by atoms with Gasteiger partial charge in [0.05, 0.1) is 13.2 Å². The Morgan fingerprint density at radius 2 is 2.30 bits per heavy atom. The van der Waals surface area contributed by atoms with Crippen molar-refractivity contribution < 1.29 is 9.53 Å². The summed E-state index contributed by atoms with van der Waals surface area (Å²) in [4.78, 5) is 16.5. The SMILES string of the molecule is COCCN(C(=N)N)C(=O)c1cc2c(Cl)cccc2[nH]1. The van der Waals surface area contributed by atoms with E-state index in [4.69, 9.17) is 27.5 Å². The lowest BCUT2D eigenvalue weighted by atomic mass is 10.2. The van der Waals surface area contributed by atoms with Crippen molar-refractivity contribution in [1.82, 2.24) is 9.88 Å². The molecule has 6 nitrogen and oxygen atoms in total. The van der Waals surface area contributed by atoms with E-state index in [2.05, 4.69) is 4.98 Å². The number of ether oxygens (including phenoxy) is 1. The van der Waals surface area contributed by atoms with Crippen molar-refractivity contribution in [1.29, 1.82) is 5.41 Å². The first-order valence-electron chi connectivity index (χ1n) is 5.96. The molecule has 1 aromatic carbocycles. The fraction of sp³-hybridized carbons (Fsp3) is 0.231. The van der Waals surface area contributed by atoms with Gasteiger partial charge in [-0.3, -0.25) is 15.1 Å². The van der Waals surface area contributed by atoms with E-state index in [-0.39, 0.29) is 18.4 Å². The van der Waals surface area contributed by atoms with Gasteiger partial charge in [0.15, 0.2) is 5.96 Å². The van der Waals surface area contributed by atoms with Gasteiger partial charge in [-0.2, -0.15) is 0 Å². The average molecular weight is 295 g/mol. The van der Waals surface area contributed by atoms with Crippen molar-refractivity contribution in [2.24, 2.45) is 5.73 Å². The zero-order valence-electron chi connectivity index (χ0n) is 10.9. The molecule has 7 heteroatoms. The number of nitrogens with two attached hydrogens (primary N) is 1. The van der Waals surface area contributed by atoms with Gasteiger partial charge in [0.2, 0.25) is 0 Å². The third-order valence-electron chi connectivity index (χ3n) is 2.90. The van der Waals surface area contributed by atoms with E-state index in [1.165, 1.54) is 7.11 Å². The monoisotopic (exact) mass is 294 g/mol. The topological polar surface area (TPSA) is 95.2 Å². The zero-order chi connectivity index (χ0) is 14.7. The van der Waals surface area contributed by atoms with Crippen LogP contribution in [-0.2, 0) is 4.74 Å². The van der Waals surface area contributed by atoms with Crippen LogP contribution in [0.3, 0.4) is 0 Å². The first kappa shape index (κ1) is 14.4. The van der Waals surface area contributed by atoms with Gasteiger partial charge in [-0.05, 0) is 18.2 Å². The molecule has 0 atom stereocenters. The number of guanidine groups is 1. The van der Waals surface area contributed by atoms with E-state index in [9.17, 15) is 4.79 Å². The molecule has 20 heavy (non-hydrogen) atoms. The number of hydrogen-bond acceptors (Lipinski definition) is 3. The summed E-state index contributed by atoms with van der Waals surface area (Å²) in [5.41, 5.74) is 6.53. The lowest BCUT2D eigenvalue weighted by Gasteiger charge is -2.19. The summed E-state index contributed by atoms with van der Waals surface area (Å²) in [6.45, 7) is 0.514. The number of H-pyrrole nitrogens is 1. The minimum absolute atomic E-state index is 0.216. The Morgan fingerprint density at radius 3 is 2.90 bits per heavy atom. The highest BCUT2D eigenvalue weighted by molar-refractivity contribution is 6.35. The van der Waals surface area contributed by atoms with E-state index in [0.29, 0.717) is 17.3 Å². The molecular formula is C13H15ClN4O2. The van der Waals surface area contributed by atoms with Gasteiger partial charge in [-0.1, -0.05) is 17.7 Å². The van der Waals surface area contributed by atoms with Gasteiger partial charge in [0.25, 0.3) is 5.91 Å². The van der Waals surface area contributed by atoms with E-state index in [1.54, 1.807) is 18.2 Å². The second-order valence-electron chi connectivity index (χ2n) is 4.22. The summed E-state index contributed by atoms with van der Waals surface area (Å²) in [5.74, 6) is -0.710. The smallest absolute Gasteiger partial charge is 0.277 e. The second kappa shape index (κ2) is 5.94. The molecule has 0 aliphatic rings. The Kier molecular flexibility index (Phi) is 4.26. The van der Waals surface area contributed by atoms with Crippen molar-refractivity contribution in [2.75, 3.05) is 20.3 Å². The van der Waals surface area contributed by atoms with Gasteiger partial charge in [0.1, 0.15) is 5.69 Å². The van der Waals surface area contributed by atoms with Crippen molar-refractivity contribution in [2.45, 2.75) is 0 Å². The quantitative estimate of drug-likeness (QED) is 0.593. The van der Waals surface area contributed by atoms with Gasteiger partial charge < -0.3 is 15.5 Å². The summed E-state index contributed by atoms with van der Waals surface area (Å²) in [7, 11) is 1.52. The largest absolute Gasteiger partial charge is 0.383 e. The van der Waals surface area contributed by atoms with Crippen LogP contribution in [0.2, 0.25) is 5.02 Å². The van der Waals surface area contributed by atoms with Crippen LogP contribution >= 0.6 is 11.6 Å². The fourth-order valence-corrected chi connectivity index (χ4v) is 2.12. The Hall–Kier alpha value is -2.05. The van der Waals surface area contributed by atoms with Crippen molar-refractivity contribution in [3.63, 3.8) is 0 Å². The second-order valence-corrected chi connectivity index (χ2v) is 4.63. The highest BCUT2D eigenvalue weighted by Crippen LogP contribution is 2.24. The summed E-state index contributed by atoms with van der Waals surface area (Å²) >= 11 is 6.07. The van der Waals surface area contributed by atoms with Crippen molar-refractivity contribution in [3.8, 4) is 0 Å². The number of benzene rings is 1. The van der Waals surface area contributed by atoms with E-state index < -0.39 is 0 Å². The molecule has 0 spiro atoms. The number of nitrogens with one attached hydrogen (secondary N) is 2. The molecule has 0 aliphatic carbocycles. The van der Waals surface area contributed by atoms with Gasteiger partial charge in [-0.25, -0.2) is 0 Å². The first-order valence-corrected chi connectivity index (χ1v) is 6.34. The third-order valence-corrected chi connectivity index (χ3v) is 3.23. The molecule has 1 heterocycles. The predicted octanol–water partition coefficient (Wildman–Crippen LogP) is 1.80. The minimum Gasteiger partial charge on any atom is -0.383 e. The normalized spacial score (nSPS) is 10.7. The Balaban J connectivity index is 2.33. The maximum atomic E-state index is 12.3. The number of rotatable bonds is 4. The predicted molar refractivity (Wildman–Crippen MR) is 78.1 cm³/mol. The molecule has 0 bridgehead atoms. The third kappa shape index (κ3) is 2.76. The van der Waals surface area contributed by atoms with Crippen molar-refractivity contribution >= 4 is 34.4 Å². The maximum absolute atomic E-state index is 12.3. The molecule has 0 saturated carbocycles. The summed E-state index contributed by atoms with van der Waals surface area (Å²) in [6.07, 6.45) is 0. The summed E-state index contributed by atoms with van der Waals surface area (Å²) in [6, 6.07) is 7.02. The number of carbonyl (C=O) groups excluding carboxylic acids is 1. The van der Waals surface area contributed by atoms with Crippen LogP contribution < -0.4 is 5.73 Å². The first-order chi connectivity index (χ1) is 9.54. The molecule has 1 amide bonds. The molecule has 2 aromatic rings. The van der Waals surface area contributed by atoms with Crippen LogP contribution in [0.25, 0.3) is 10.9 Å². The van der Waals surface area contributed by atoms with Crippen LogP contribution in [0.5, 0.6) is 0 Å². The van der Waals surface area contributed by atoms with Gasteiger partial charge >= 0.3 is 0 Å². The Bertz CT molecular complexity index is 653. The molecular weight excluding hydrogens is 280 g/mol. The highest BCUT2D eigenvalue weighted by Gasteiger charge is 2.20. The summed E-state index contributed by atoms with van der Waals surface area (Å²) < 4.78 is 4.91. The summed E-state index contributed by atoms with van der Waals surface area (Å²) in [5, 5.41) is 8.79. The Morgan fingerprint density at radius 1 is 1.55 bits per heavy atom. The fourth-order valence-electron chi connectivity index (χ4n) is 1.89. The number of hydrogen-bond donors (Lipinski definition) is 3. The number of halogens is 1. The lowest BCUT2D eigenvalue weighted by Crippen LogP contribution is -2.43. The molecule has 0 aliphatic heterocycles. The number of nitrogens with zero attached hydrogens (tertiary/aromatic N) is 1. The number of methoxy groups -OCH3 is 1. The number of carbonyl (C=O) groups is 1. The van der Waals surface area contributed by atoms with Crippen LogP contribution in [0.4, 0.5) is 0 Å². The molecule has 106 valence electrons. The van der Waals surface area contributed by atoms with Gasteiger partial charge in [-0.15, -0.1) is 0 Å². The molecule has 2 rings (SSSR count). The standard InChI is InChI=1S/C13H15ClN4O2/c1-20-6-5-18(13(15)16)12(19)11-7-8-9(14)3-2-4-10(8)17-11/h2-4,7,17H,5-6H2,1H3,(H3,15,16). The number of aromatic amines is 1. The van der Waals surface area contributed by atoms with E-state index >= 15 is 0 Å². The van der Waals surface area contributed by atoms with Crippen molar-refractivity contribution in [3.05, 3.63) is 35.0 Å². The van der Waals surface area contributed by atoms with Gasteiger partial charge in [0, 0.05) is 23.0 Å². The molecule has 0 radical (unpaired) electrons. The molecule has 0 saturated heterocycles. The molecule has 1 aromatic heterocycles. The maximum Gasteiger partial charge on any atom is 0.277 e. The zero-order valence-corrected chi connectivity index (χ0v) is 11.7. The molecule has 0 unspecified atom stereocenters. The lowest BCUT2D eigenvalue weighted by molar-refractivity contribution is 0.0801. The number of fused-ring (bicyclic) bond motifs is 1. The highest BCUT2D eigenvalue weighted by atomic mass is 35.5. The van der Waals surface area contributed by atoms with E-state index in [1.807, 2.05) is 6.07 Å². The van der Waals surface area contributed by atoms with Crippen LogP contribution in [-0.4, -0.2) is 42.0 Å². The van der Waals surface area contributed by atoms with E-state index in [0.717, 1.165) is 15.8 Å². The van der Waals surface area contributed by atoms with Crippen LogP contribution in [0.1, 0.15) is 10.5 Å². The van der Waals surface area contributed by atoms with Crippen LogP contribution in [0.15, 0.2) is 24.3 Å².